The number of aliphatic hydroxyl groups excluding tert-OH is 1. The summed E-state index contributed by atoms with van der Waals surface area (Å²) in [5.74, 6) is 0.233. The molecule has 2 rings (SSSR count). The molecule has 1 N–H and O–H groups in total. The highest BCUT2D eigenvalue weighted by Gasteiger charge is 2.10. The summed E-state index contributed by atoms with van der Waals surface area (Å²) in [6, 6.07) is 7.16. The van der Waals surface area contributed by atoms with Gasteiger partial charge in [0.1, 0.15) is 6.61 Å². The summed E-state index contributed by atoms with van der Waals surface area (Å²) in [5.41, 5.74) is 0.471. The molecule has 0 bridgehead atoms. The predicted molar refractivity (Wildman–Crippen MR) is 81.0 cm³/mol. The summed E-state index contributed by atoms with van der Waals surface area (Å²) in [6.45, 7) is 0.561. The van der Waals surface area contributed by atoms with Crippen LogP contribution in [0.5, 0.6) is 5.75 Å². The van der Waals surface area contributed by atoms with Crippen LogP contribution >= 0.6 is 23.2 Å². The highest BCUT2D eigenvalue weighted by molar-refractivity contribution is 6.31. The van der Waals surface area contributed by atoms with Gasteiger partial charge in [-0.15, -0.1) is 0 Å². The number of aryl methyl sites for hydroxylation is 1. The van der Waals surface area contributed by atoms with Crippen molar-refractivity contribution in [3.05, 3.63) is 56.4 Å². The number of ether oxygens (including phenoxy) is 1. The van der Waals surface area contributed by atoms with Crippen molar-refractivity contribution in [1.29, 1.82) is 0 Å². The van der Waals surface area contributed by atoms with Crippen LogP contribution in [0.2, 0.25) is 10.0 Å². The number of nitrogens with zero attached hydrogens (tertiary/aromatic N) is 2. The zero-order valence-electron chi connectivity index (χ0n) is 11.1. The van der Waals surface area contributed by atoms with Crippen molar-refractivity contribution in [3.8, 4) is 5.75 Å². The molecule has 21 heavy (non-hydrogen) atoms. The van der Waals surface area contributed by atoms with Crippen LogP contribution in [0, 0.1) is 0 Å². The molecule has 0 aliphatic carbocycles. The summed E-state index contributed by atoms with van der Waals surface area (Å²) in [6.07, 6.45) is 1.84. The van der Waals surface area contributed by atoms with Crippen molar-refractivity contribution in [3.63, 3.8) is 0 Å². The third-order valence-electron chi connectivity index (χ3n) is 2.79. The second-order valence-electron chi connectivity index (χ2n) is 4.34. The fourth-order valence-electron chi connectivity index (χ4n) is 1.67. The van der Waals surface area contributed by atoms with E-state index in [4.69, 9.17) is 33.0 Å². The Kier molecular flexibility index (Phi) is 5.61. The van der Waals surface area contributed by atoms with Crippen LogP contribution in [-0.4, -0.2) is 21.5 Å². The third-order valence-corrected chi connectivity index (χ3v) is 3.39. The van der Waals surface area contributed by atoms with Crippen molar-refractivity contribution in [2.45, 2.75) is 19.6 Å². The van der Waals surface area contributed by atoms with Gasteiger partial charge in [-0.3, -0.25) is 4.79 Å². The minimum Gasteiger partial charge on any atom is -0.485 e. The van der Waals surface area contributed by atoms with Crippen LogP contribution in [0.4, 0.5) is 0 Å². The highest BCUT2D eigenvalue weighted by Crippen LogP contribution is 2.20. The average Bonchev–Trinajstić information content (AvgIpc) is 2.49. The molecule has 0 fully saturated rings. The van der Waals surface area contributed by atoms with Crippen molar-refractivity contribution >= 4 is 23.2 Å². The quantitative estimate of drug-likeness (QED) is 0.884. The Hall–Kier alpha value is -1.56. The number of rotatable bonds is 6. The minimum atomic E-state index is -0.432. The minimum absolute atomic E-state index is 0.0133. The van der Waals surface area contributed by atoms with E-state index in [1.807, 2.05) is 12.1 Å². The van der Waals surface area contributed by atoms with Crippen molar-refractivity contribution in [2.24, 2.45) is 0 Å². The number of aliphatic hydroxyl groups is 1. The standard InChI is InChI=1S/C14H14Cl2N2O3/c15-11-4-2-10(3-5-11)9-21-12-8-17-18(6-1-7-19)14(20)13(12)16/h2-5,8,19H,1,6-7,9H2. The second-order valence-corrected chi connectivity index (χ2v) is 5.16. The number of hydrogen-bond acceptors (Lipinski definition) is 4. The molecule has 0 atom stereocenters. The smallest absolute Gasteiger partial charge is 0.289 e. The van der Waals surface area contributed by atoms with E-state index < -0.39 is 5.56 Å². The van der Waals surface area contributed by atoms with E-state index in [9.17, 15) is 4.79 Å². The Morgan fingerprint density at radius 1 is 1.24 bits per heavy atom. The topological polar surface area (TPSA) is 64.3 Å². The van der Waals surface area contributed by atoms with Gasteiger partial charge >= 0.3 is 0 Å². The van der Waals surface area contributed by atoms with Gasteiger partial charge in [-0.2, -0.15) is 5.10 Å². The van der Waals surface area contributed by atoms with Crippen LogP contribution in [0.1, 0.15) is 12.0 Å². The Morgan fingerprint density at radius 2 is 1.95 bits per heavy atom. The summed E-state index contributed by atoms with van der Waals surface area (Å²) >= 11 is 11.8. The summed E-state index contributed by atoms with van der Waals surface area (Å²) in [5, 5.41) is 13.4. The van der Waals surface area contributed by atoms with E-state index in [1.54, 1.807) is 12.1 Å². The monoisotopic (exact) mass is 328 g/mol. The van der Waals surface area contributed by atoms with Gasteiger partial charge in [0, 0.05) is 18.2 Å². The van der Waals surface area contributed by atoms with Crippen molar-refractivity contribution in [2.75, 3.05) is 6.61 Å². The molecule has 0 aliphatic rings. The molecule has 0 radical (unpaired) electrons. The molecule has 2 aromatic rings. The van der Waals surface area contributed by atoms with Gasteiger partial charge in [0.15, 0.2) is 10.8 Å². The maximum Gasteiger partial charge on any atom is 0.289 e. The van der Waals surface area contributed by atoms with E-state index in [-0.39, 0.29) is 24.0 Å². The lowest BCUT2D eigenvalue weighted by Gasteiger charge is -2.09. The predicted octanol–water partition coefficient (Wildman–Crippen LogP) is 2.51. The van der Waals surface area contributed by atoms with E-state index in [2.05, 4.69) is 5.10 Å². The first-order chi connectivity index (χ1) is 10.1. The lowest BCUT2D eigenvalue weighted by Crippen LogP contribution is -2.24. The largest absolute Gasteiger partial charge is 0.485 e. The number of benzene rings is 1. The van der Waals surface area contributed by atoms with Gasteiger partial charge in [-0.05, 0) is 24.1 Å². The van der Waals surface area contributed by atoms with Crippen LogP contribution in [0.25, 0.3) is 0 Å². The Morgan fingerprint density at radius 3 is 2.62 bits per heavy atom. The molecule has 0 unspecified atom stereocenters. The molecule has 0 amide bonds. The summed E-state index contributed by atoms with van der Waals surface area (Å²) < 4.78 is 6.70. The Balaban J connectivity index is 2.08. The molecule has 0 saturated heterocycles. The van der Waals surface area contributed by atoms with Gasteiger partial charge < -0.3 is 9.84 Å². The van der Waals surface area contributed by atoms with Crippen LogP contribution < -0.4 is 10.3 Å². The maximum atomic E-state index is 11.9. The van der Waals surface area contributed by atoms with E-state index in [0.717, 1.165) is 5.56 Å². The molecule has 0 aliphatic heterocycles. The van der Waals surface area contributed by atoms with Gasteiger partial charge in [0.2, 0.25) is 0 Å². The lowest BCUT2D eigenvalue weighted by atomic mass is 10.2. The molecule has 1 heterocycles. The van der Waals surface area contributed by atoms with Crippen molar-refractivity contribution in [1.82, 2.24) is 9.78 Å². The van der Waals surface area contributed by atoms with E-state index in [1.165, 1.54) is 10.9 Å². The van der Waals surface area contributed by atoms with Gasteiger partial charge in [-0.1, -0.05) is 35.3 Å². The van der Waals surface area contributed by atoms with E-state index in [0.29, 0.717) is 18.0 Å². The van der Waals surface area contributed by atoms with Crippen molar-refractivity contribution < 1.29 is 9.84 Å². The lowest BCUT2D eigenvalue weighted by molar-refractivity contribution is 0.273. The molecule has 1 aromatic heterocycles. The average molecular weight is 329 g/mol. The molecule has 7 heteroatoms. The zero-order chi connectivity index (χ0) is 15.2. The van der Waals surface area contributed by atoms with Gasteiger partial charge in [0.25, 0.3) is 5.56 Å². The Bertz CT molecular complexity index is 656. The van der Waals surface area contributed by atoms with Crippen LogP contribution in [0.3, 0.4) is 0 Å². The first-order valence-corrected chi connectivity index (χ1v) is 7.11. The number of hydrogen-bond donors (Lipinski definition) is 1. The number of halogens is 2. The molecule has 112 valence electrons. The molecular formula is C14H14Cl2N2O3. The normalized spacial score (nSPS) is 10.6. The fourth-order valence-corrected chi connectivity index (χ4v) is 2.00. The second kappa shape index (κ2) is 7.45. The maximum absolute atomic E-state index is 11.9. The summed E-state index contributed by atoms with van der Waals surface area (Å²) in [7, 11) is 0. The van der Waals surface area contributed by atoms with Gasteiger partial charge in [-0.25, -0.2) is 4.68 Å². The van der Waals surface area contributed by atoms with Crippen LogP contribution in [-0.2, 0) is 13.2 Å². The van der Waals surface area contributed by atoms with E-state index >= 15 is 0 Å². The molecule has 1 aromatic carbocycles. The first-order valence-electron chi connectivity index (χ1n) is 6.35. The summed E-state index contributed by atoms with van der Waals surface area (Å²) in [4.78, 5) is 11.9. The fraction of sp³-hybridized carbons (Fsp3) is 0.286. The van der Waals surface area contributed by atoms with Gasteiger partial charge in [0.05, 0.1) is 6.20 Å². The van der Waals surface area contributed by atoms with Crippen LogP contribution in [0.15, 0.2) is 35.3 Å². The highest BCUT2D eigenvalue weighted by atomic mass is 35.5. The molecule has 0 spiro atoms. The third kappa shape index (κ3) is 4.20. The number of aromatic nitrogens is 2. The molecule has 0 saturated carbocycles. The first kappa shape index (κ1) is 15.8. The molecule has 5 nitrogen and oxygen atoms in total. The Labute approximate surface area is 131 Å². The zero-order valence-corrected chi connectivity index (χ0v) is 12.6. The SMILES string of the molecule is O=c1c(Cl)c(OCc2ccc(Cl)cc2)cnn1CCCO. The molecular weight excluding hydrogens is 315 g/mol.